The van der Waals surface area contributed by atoms with Gasteiger partial charge in [0.2, 0.25) is 0 Å². The van der Waals surface area contributed by atoms with Crippen molar-refractivity contribution in [3.63, 3.8) is 0 Å². The number of imidazole rings is 1. The number of benzene rings is 1. The van der Waals surface area contributed by atoms with Crippen LogP contribution in [-0.2, 0) is 12.7 Å². The molecule has 1 aliphatic carbocycles. The van der Waals surface area contributed by atoms with Gasteiger partial charge in [-0.2, -0.15) is 13.2 Å². The van der Waals surface area contributed by atoms with Gasteiger partial charge in [-0.3, -0.25) is 14.2 Å². The average Bonchev–Trinajstić information content (AvgIpc) is 3.52. The zero-order valence-electron chi connectivity index (χ0n) is 18.5. The van der Waals surface area contributed by atoms with Gasteiger partial charge in [0.15, 0.2) is 0 Å². The van der Waals surface area contributed by atoms with Crippen LogP contribution in [0.15, 0.2) is 49.1 Å². The molecule has 10 heteroatoms. The molecule has 5 rings (SSSR count). The molecule has 2 N–H and O–H groups in total. The highest BCUT2D eigenvalue weighted by Crippen LogP contribution is 2.38. The van der Waals surface area contributed by atoms with Crippen LogP contribution in [0.1, 0.15) is 47.8 Å². The fourth-order valence-corrected chi connectivity index (χ4v) is 4.46. The van der Waals surface area contributed by atoms with Gasteiger partial charge in [-0.05, 0) is 55.5 Å². The number of fused-ring (bicyclic) bond motifs is 3. The topological polar surface area (TPSA) is 89.4 Å². The first-order valence-corrected chi connectivity index (χ1v) is 11.1. The van der Waals surface area contributed by atoms with Gasteiger partial charge < -0.3 is 10.6 Å². The summed E-state index contributed by atoms with van der Waals surface area (Å²) in [6.07, 6.45) is 2.39. The SMILES string of the molecule is CCC(C1CC1)N(Cc1ccc(C(F)(F)F)cn1)C(=O)c1ccc2nc(N)c3cncn3c2c1. The van der Waals surface area contributed by atoms with Crippen molar-refractivity contribution in [2.75, 3.05) is 5.73 Å². The Morgan fingerprint density at radius 2 is 2.00 bits per heavy atom. The number of rotatable bonds is 6. The smallest absolute Gasteiger partial charge is 0.382 e. The fourth-order valence-electron chi connectivity index (χ4n) is 4.46. The van der Waals surface area contributed by atoms with E-state index in [0.717, 1.165) is 31.5 Å². The molecule has 34 heavy (non-hydrogen) atoms. The van der Waals surface area contributed by atoms with E-state index in [-0.39, 0.29) is 18.5 Å². The number of carbonyl (C=O) groups is 1. The first-order valence-electron chi connectivity index (χ1n) is 11.1. The normalized spacial score (nSPS) is 15.1. The fraction of sp³-hybridized carbons (Fsp3) is 0.333. The van der Waals surface area contributed by atoms with Crippen molar-refractivity contribution in [3.05, 3.63) is 65.9 Å². The second-order valence-electron chi connectivity index (χ2n) is 8.63. The van der Waals surface area contributed by atoms with Crippen LogP contribution in [-0.4, -0.2) is 36.2 Å². The molecular formula is C24H23F3N6O. The predicted octanol–water partition coefficient (Wildman–Crippen LogP) is 4.71. The lowest BCUT2D eigenvalue weighted by Gasteiger charge is -2.31. The van der Waals surface area contributed by atoms with E-state index in [2.05, 4.69) is 15.0 Å². The van der Waals surface area contributed by atoms with Crippen molar-refractivity contribution in [1.82, 2.24) is 24.3 Å². The molecule has 1 atom stereocenters. The molecule has 0 bridgehead atoms. The van der Waals surface area contributed by atoms with Crippen molar-refractivity contribution in [1.29, 1.82) is 0 Å². The number of aromatic nitrogens is 4. The standard InChI is InChI=1S/C24H23F3N6O/c1-2-19(14-3-4-14)32(12-17-7-6-16(10-30-17)24(25,26)27)23(34)15-5-8-18-20(9-15)33-13-29-11-21(33)22(28)31-18/h5-11,13-14,19H,2-4,12H2,1H3,(H2,28,31). The summed E-state index contributed by atoms with van der Waals surface area (Å²) in [4.78, 5) is 28.0. The van der Waals surface area contributed by atoms with Gasteiger partial charge in [-0.15, -0.1) is 0 Å². The monoisotopic (exact) mass is 468 g/mol. The molecule has 1 aromatic carbocycles. The number of anilines is 1. The summed E-state index contributed by atoms with van der Waals surface area (Å²) in [5.41, 5.74) is 8.04. The highest BCUT2D eigenvalue weighted by Gasteiger charge is 2.37. The number of nitrogens with two attached hydrogens (primary N) is 1. The summed E-state index contributed by atoms with van der Waals surface area (Å²) in [5, 5.41) is 0. The third kappa shape index (κ3) is 4.04. The maximum absolute atomic E-state index is 13.7. The lowest BCUT2D eigenvalue weighted by molar-refractivity contribution is -0.137. The molecular weight excluding hydrogens is 445 g/mol. The maximum Gasteiger partial charge on any atom is 0.417 e. The van der Waals surface area contributed by atoms with Crippen molar-refractivity contribution in [2.45, 2.75) is 44.9 Å². The minimum absolute atomic E-state index is 0.0231. The quantitative estimate of drug-likeness (QED) is 0.443. The lowest BCUT2D eigenvalue weighted by atomic mass is 10.0. The number of halogens is 3. The number of nitrogen functional groups attached to an aromatic ring is 1. The number of hydrogen-bond acceptors (Lipinski definition) is 5. The highest BCUT2D eigenvalue weighted by molar-refractivity contribution is 5.98. The van der Waals surface area contributed by atoms with Gasteiger partial charge in [0, 0.05) is 17.8 Å². The van der Waals surface area contributed by atoms with E-state index in [1.165, 1.54) is 6.07 Å². The number of pyridine rings is 1. The van der Waals surface area contributed by atoms with Crippen LogP contribution in [0.4, 0.5) is 19.0 Å². The molecule has 0 saturated heterocycles. The van der Waals surface area contributed by atoms with Gasteiger partial charge in [0.1, 0.15) is 11.3 Å². The molecule has 4 aromatic rings. The van der Waals surface area contributed by atoms with E-state index < -0.39 is 11.7 Å². The van der Waals surface area contributed by atoms with Crippen molar-refractivity contribution >= 4 is 28.3 Å². The van der Waals surface area contributed by atoms with Crippen LogP contribution in [0, 0.1) is 5.92 Å². The van der Waals surface area contributed by atoms with E-state index in [0.29, 0.717) is 39.5 Å². The Hall–Kier alpha value is -3.69. The Morgan fingerprint density at radius 1 is 1.21 bits per heavy atom. The Morgan fingerprint density at radius 3 is 2.65 bits per heavy atom. The van der Waals surface area contributed by atoms with Crippen molar-refractivity contribution in [3.8, 4) is 0 Å². The molecule has 176 valence electrons. The lowest BCUT2D eigenvalue weighted by Crippen LogP contribution is -2.41. The number of hydrogen-bond donors (Lipinski definition) is 1. The van der Waals surface area contributed by atoms with Gasteiger partial charge in [0.25, 0.3) is 5.91 Å². The average molecular weight is 468 g/mol. The Bertz CT molecular complexity index is 1360. The third-order valence-electron chi connectivity index (χ3n) is 6.35. The van der Waals surface area contributed by atoms with Gasteiger partial charge in [-0.1, -0.05) is 6.92 Å². The Labute approximate surface area is 193 Å². The van der Waals surface area contributed by atoms with Crippen LogP contribution >= 0.6 is 0 Å². The summed E-state index contributed by atoms with van der Waals surface area (Å²) < 4.78 is 40.6. The second kappa shape index (κ2) is 8.27. The summed E-state index contributed by atoms with van der Waals surface area (Å²) >= 11 is 0. The number of nitrogens with zero attached hydrogens (tertiary/aromatic N) is 5. The molecule has 3 heterocycles. The molecule has 7 nitrogen and oxygen atoms in total. The van der Waals surface area contributed by atoms with E-state index in [1.54, 1.807) is 40.0 Å². The van der Waals surface area contributed by atoms with Crippen LogP contribution in [0.25, 0.3) is 16.6 Å². The molecule has 0 spiro atoms. The van der Waals surface area contributed by atoms with E-state index in [4.69, 9.17) is 5.73 Å². The van der Waals surface area contributed by atoms with Gasteiger partial charge >= 0.3 is 6.18 Å². The number of alkyl halides is 3. The molecule has 1 unspecified atom stereocenters. The van der Waals surface area contributed by atoms with E-state index >= 15 is 0 Å². The van der Waals surface area contributed by atoms with Crippen LogP contribution in [0.5, 0.6) is 0 Å². The summed E-state index contributed by atoms with van der Waals surface area (Å²) in [6, 6.07) is 7.52. The van der Waals surface area contributed by atoms with Gasteiger partial charge in [0.05, 0.1) is 41.4 Å². The van der Waals surface area contributed by atoms with Crippen LogP contribution in [0.3, 0.4) is 0 Å². The zero-order valence-corrected chi connectivity index (χ0v) is 18.5. The highest BCUT2D eigenvalue weighted by atomic mass is 19.4. The summed E-state index contributed by atoms with van der Waals surface area (Å²) in [5.74, 6) is 0.525. The molecule has 1 aliphatic rings. The molecule has 3 aromatic heterocycles. The maximum atomic E-state index is 13.7. The van der Waals surface area contributed by atoms with Crippen LogP contribution < -0.4 is 5.73 Å². The second-order valence-corrected chi connectivity index (χ2v) is 8.63. The van der Waals surface area contributed by atoms with Crippen LogP contribution in [0.2, 0.25) is 0 Å². The first-order chi connectivity index (χ1) is 16.3. The molecule has 0 radical (unpaired) electrons. The van der Waals surface area contributed by atoms with Crippen molar-refractivity contribution in [2.24, 2.45) is 5.92 Å². The first kappa shape index (κ1) is 22.1. The third-order valence-corrected chi connectivity index (χ3v) is 6.35. The minimum atomic E-state index is -4.46. The minimum Gasteiger partial charge on any atom is -0.382 e. The number of amides is 1. The molecule has 0 aliphatic heterocycles. The zero-order chi connectivity index (χ0) is 24.0. The Kier molecular flexibility index (Phi) is 5.38. The van der Waals surface area contributed by atoms with Crippen molar-refractivity contribution < 1.29 is 18.0 Å². The number of carbonyl (C=O) groups excluding carboxylic acids is 1. The summed E-state index contributed by atoms with van der Waals surface area (Å²) in [6.45, 7) is 2.15. The van der Waals surface area contributed by atoms with Gasteiger partial charge in [-0.25, -0.2) is 9.97 Å². The molecule has 1 saturated carbocycles. The predicted molar refractivity (Wildman–Crippen MR) is 121 cm³/mol. The largest absolute Gasteiger partial charge is 0.417 e. The molecule has 1 amide bonds. The Balaban J connectivity index is 1.51. The van der Waals surface area contributed by atoms with E-state index in [1.807, 2.05) is 6.92 Å². The molecule has 1 fully saturated rings. The summed E-state index contributed by atoms with van der Waals surface area (Å²) in [7, 11) is 0. The van der Waals surface area contributed by atoms with E-state index in [9.17, 15) is 18.0 Å².